The van der Waals surface area contributed by atoms with Crippen molar-refractivity contribution in [3.63, 3.8) is 0 Å². The first kappa shape index (κ1) is 23.4. The number of fused-ring (bicyclic) bond motifs is 1. The first-order valence-corrected chi connectivity index (χ1v) is 13.6. The van der Waals surface area contributed by atoms with Gasteiger partial charge < -0.3 is 15.2 Å². The Balaban J connectivity index is 1.15. The van der Waals surface area contributed by atoms with Gasteiger partial charge in [-0.15, -0.1) is 11.3 Å². The van der Waals surface area contributed by atoms with Crippen LogP contribution in [0.1, 0.15) is 48.5 Å². The maximum Gasteiger partial charge on any atom is 0.229 e. The molecule has 0 radical (unpaired) electrons. The normalized spacial score (nSPS) is 29.5. The van der Waals surface area contributed by atoms with Gasteiger partial charge in [0, 0.05) is 33.3 Å². The Kier molecular flexibility index (Phi) is 6.09. The maximum atomic E-state index is 12.8. The molecule has 8 heteroatoms. The summed E-state index contributed by atoms with van der Waals surface area (Å²) in [6, 6.07) is 10.3. The van der Waals surface area contributed by atoms with Crippen LogP contribution in [0, 0.1) is 5.92 Å². The molecule has 3 aromatic rings. The number of hydrogen-bond acceptors (Lipinski definition) is 6. The Bertz CT molecular complexity index is 1240. The molecule has 1 aromatic carbocycles. The predicted molar refractivity (Wildman–Crippen MR) is 139 cm³/mol. The van der Waals surface area contributed by atoms with Gasteiger partial charge in [0.1, 0.15) is 5.82 Å². The lowest BCUT2D eigenvalue weighted by molar-refractivity contribution is -0.117. The molecule has 35 heavy (non-hydrogen) atoms. The van der Waals surface area contributed by atoms with Crippen LogP contribution in [0.25, 0.3) is 10.8 Å². The zero-order chi connectivity index (χ0) is 24.2. The fourth-order valence-corrected chi connectivity index (χ4v) is 6.97. The van der Waals surface area contributed by atoms with Gasteiger partial charge in [-0.25, -0.2) is 4.98 Å². The molecule has 4 heterocycles. The van der Waals surface area contributed by atoms with Crippen LogP contribution in [-0.4, -0.2) is 58.8 Å². The van der Waals surface area contributed by atoms with Crippen LogP contribution < -0.4 is 5.32 Å². The summed E-state index contributed by atoms with van der Waals surface area (Å²) in [5, 5.41) is 18.3. The number of aromatic nitrogens is 1. The van der Waals surface area contributed by atoms with E-state index >= 15 is 0 Å². The summed E-state index contributed by atoms with van der Waals surface area (Å²) in [5.74, 6) is 1.36. The summed E-state index contributed by atoms with van der Waals surface area (Å²) in [6.07, 6.45) is 4.21. The number of likely N-dealkylation sites (tertiary alicyclic amines) is 1. The number of aliphatic hydroxyl groups is 1. The smallest absolute Gasteiger partial charge is 0.229 e. The number of carbonyl (C=O) groups is 1. The third kappa shape index (κ3) is 4.38. The fraction of sp³-hybridized carbons (Fsp3) is 0.481. The minimum absolute atomic E-state index is 0.0303. The van der Waals surface area contributed by atoms with Crippen LogP contribution in [0.3, 0.4) is 0 Å². The van der Waals surface area contributed by atoms with Crippen molar-refractivity contribution in [1.82, 2.24) is 9.88 Å². The Labute approximate surface area is 214 Å². The molecular formula is C27H30ClN3O3S. The highest BCUT2D eigenvalue weighted by molar-refractivity contribution is 7.10. The number of carbonyl (C=O) groups excluding carboxylic acids is 1. The molecule has 0 bridgehead atoms. The minimum Gasteiger partial charge on any atom is -0.389 e. The summed E-state index contributed by atoms with van der Waals surface area (Å²) < 4.78 is 5.54. The van der Waals surface area contributed by atoms with Crippen LogP contribution in [0.15, 0.2) is 41.9 Å². The van der Waals surface area contributed by atoms with Gasteiger partial charge in [-0.1, -0.05) is 17.7 Å². The zero-order valence-electron chi connectivity index (χ0n) is 19.7. The van der Waals surface area contributed by atoms with Gasteiger partial charge in [0.15, 0.2) is 0 Å². The van der Waals surface area contributed by atoms with Crippen LogP contribution in [-0.2, 0) is 9.53 Å². The van der Waals surface area contributed by atoms with E-state index in [1.54, 1.807) is 17.5 Å². The van der Waals surface area contributed by atoms with Gasteiger partial charge in [-0.05, 0) is 85.8 Å². The van der Waals surface area contributed by atoms with Crippen molar-refractivity contribution in [1.29, 1.82) is 0 Å². The Morgan fingerprint density at radius 3 is 2.83 bits per heavy atom. The summed E-state index contributed by atoms with van der Waals surface area (Å²) >= 11 is 8.44. The second-order valence-corrected chi connectivity index (χ2v) is 11.8. The van der Waals surface area contributed by atoms with E-state index in [1.807, 2.05) is 18.2 Å². The standard InChI is InChI=1S/C27H30ClN3O3S/c1-27(15-34-14-24(27)32)31-6-4-16(5-7-31)19-9-17-11-25(29-13-18(17)10-22(19)28)30-26(33)21-12-20(21)23-3-2-8-35-23/h2-3,8-11,13,16,20-21,24,32H,4-7,12,14-15H2,1H3,(H,29,30,33)/t20?,21?,24-,27+/m1/s1. The van der Waals surface area contributed by atoms with Crippen molar-refractivity contribution in [2.24, 2.45) is 5.92 Å². The first-order chi connectivity index (χ1) is 16.9. The molecule has 6 nitrogen and oxygen atoms in total. The highest BCUT2D eigenvalue weighted by atomic mass is 35.5. The lowest BCUT2D eigenvalue weighted by Gasteiger charge is -2.43. The average Bonchev–Trinajstić information content (AvgIpc) is 3.32. The number of nitrogens with zero attached hydrogens (tertiary/aromatic N) is 2. The number of aliphatic hydroxyl groups excluding tert-OH is 1. The number of halogens is 1. The lowest BCUT2D eigenvalue weighted by atomic mass is 9.85. The maximum absolute atomic E-state index is 12.8. The molecule has 2 unspecified atom stereocenters. The number of piperidine rings is 1. The summed E-state index contributed by atoms with van der Waals surface area (Å²) in [4.78, 5) is 20.9. The average molecular weight is 512 g/mol. The summed E-state index contributed by atoms with van der Waals surface area (Å²) in [7, 11) is 0. The lowest BCUT2D eigenvalue weighted by Crippen LogP contribution is -2.56. The fourth-order valence-electron chi connectivity index (χ4n) is 5.74. The van der Waals surface area contributed by atoms with Crippen LogP contribution in [0.2, 0.25) is 5.02 Å². The highest BCUT2D eigenvalue weighted by Crippen LogP contribution is 2.49. The second kappa shape index (κ2) is 9.12. The third-order valence-corrected chi connectivity index (χ3v) is 9.50. The van der Waals surface area contributed by atoms with Crippen LogP contribution in [0.4, 0.5) is 5.82 Å². The first-order valence-electron chi connectivity index (χ1n) is 12.4. The number of pyridine rings is 1. The van der Waals surface area contributed by atoms with Crippen molar-refractivity contribution in [3.8, 4) is 0 Å². The van der Waals surface area contributed by atoms with Crippen molar-refractivity contribution < 1.29 is 14.6 Å². The molecule has 3 fully saturated rings. The number of nitrogens with one attached hydrogen (secondary N) is 1. The molecule has 1 aliphatic carbocycles. The van der Waals surface area contributed by atoms with Gasteiger partial charge in [-0.2, -0.15) is 0 Å². The molecule has 1 amide bonds. The molecule has 2 aliphatic heterocycles. The van der Waals surface area contributed by atoms with E-state index in [4.69, 9.17) is 16.3 Å². The third-order valence-electron chi connectivity index (χ3n) is 8.17. The molecule has 6 rings (SSSR count). The molecule has 1 saturated carbocycles. The number of rotatable bonds is 5. The number of hydrogen-bond donors (Lipinski definition) is 2. The van der Waals surface area contributed by atoms with Crippen molar-refractivity contribution in [2.45, 2.75) is 49.7 Å². The van der Waals surface area contributed by atoms with Gasteiger partial charge in [0.2, 0.25) is 5.91 Å². The largest absolute Gasteiger partial charge is 0.389 e. The number of benzene rings is 1. The van der Waals surface area contributed by atoms with Crippen molar-refractivity contribution >= 4 is 45.4 Å². The highest BCUT2D eigenvalue weighted by Gasteiger charge is 2.45. The number of anilines is 1. The molecule has 2 saturated heterocycles. The van der Waals surface area contributed by atoms with Gasteiger partial charge in [0.25, 0.3) is 0 Å². The minimum atomic E-state index is -0.444. The Morgan fingerprint density at radius 2 is 2.11 bits per heavy atom. The van der Waals surface area contributed by atoms with E-state index in [1.165, 1.54) is 4.88 Å². The van der Waals surface area contributed by atoms with Crippen LogP contribution >= 0.6 is 22.9 Å². The molecule has 2 N–H and O–H groups in total. The molecule has 2 aromatic heterocycles. The molecule has 4 atom stereocenters. The Morgan fingerprint density at radius 1 is 1.29 bits per heavy atom. The van der Waals surface area contributed by atoms with Crippen LogP contribution in [0.5, 0.6) is 0 Å². The van der Waals surface area contributed by atoms with E-state index in [0.717, 1.165) is 53.7 Å². The number of ether oxygens (including phenoxy) is 1. The van der Waals surface area contributed by atoms with Crippen molar-refractivity contribution in [2.75, 3.05) is 31.6 Å². The monoisotopic (exact) mass is 511 g/mol. The molecule has 0 spiro atoms. The van der Waals surface area contributed by atoms with E-state index in [0.29, 0.717) is 30.9 Å². The van der Waals surface area contributed by atoms with E-state index in [-0.39, 0.29) is 17.4 Å². The van der Waals surface area contributed by atoms with E-state index in [2.05, 4.69) is 39.6 Å². The number of amides is 1. The van der Waals surface area contributed by atoms with E-state index in [9.17, 15) is 9.90 Å². The molecule has 184 valence electrons. The summed E-state index contributed by atoms with van der Waals surface area (Å²) in [5.41, 5.74) is 0.844. The topological polar surface area (TPSA) is 74.7 Å². The predicted octanol–water partition coefficient (Wildman–Crippen LogP) is 5.02. The molecule has 3 aliphatic rings. The van der Waals surface area contributed by atoms with Gasteiger partial charge >= 0.3 is 0 Å². The van der Waals surface area contributed by atoms with Gasteiger partial charge in [0.05, 0.1) is 24.9 Å². The molecular weight excluding hydrogens is 482 g/mol. The van der Waals surface area contributed by atoms with E-state index < -0.39 is 6.10 Å². The quantitative estimate of drug-likeness (QED) is 0.503. The zero-order valence-corrected chi connectivity index (χ0v) is 21.3. The second-order valence-electron chi connectivity index (χ2n) is 10.4. The SMILES string of the molecule is C[C@]1(N2CCC(c3cc4cc(NC(=O)C5CC5c5cccs5)ncc4cc3Cl)CC2)COC[C@H]1O. The summed E-state index contributed by atoms with van der Waals surface area (Å²) in [6.45, 7) is 4.89. The number of thiophene rings is 1. The van der Waals surface area contributed by atoms with Crippen molar-refractivity contribution in [3.05, 3.63) is 57.4 Å². The van der Waals surface area contributed by atoms with Gasteiger partial charge in [-0.3, -0.25) is 9.69 Å². The Hall–Kier alpha value is -2.03.